The van der Waals surface area contributed by atoms with Gasteiger partial charge in [0.05, 0.1) is 12.6 Å². The first-order chi connectivity index (χ1) is 12.7. The molecule has 0 radical (unpaired) electrons. The predicted octanol–water partition coefficient (Wildman–Crippen LogP) is 1.55. The molecule has 1 aliphatic rings. The third kappa shape index (κ3) is 4.61. The summed E-state index contributed by atoms with van der Waals surface area (Å²) in [5.74, 6) is 0.643. The summed E-state index contributed by atoms with van der Waals surface area (Å²) < 4.78 is 5.63. The van der Waals surface area contributed by atoms with E-state index < -0.39 is 0 Å². The van der Waals surface area contributed by atoms with E-state index in [0.29, 0.717) is 38.2 Å². The Hall–Kier alpha value is -2.86. The first-order valence-corrected chi connectivity index (χ1v) is 8.71. The molecular formula is C20H23N3O3. The first kappa shape index (κ1) is 17.9. The largest absolute Gasteiger partial charge is 0.492 e. The Morgan fingerprint density at radius 3 is 2.58 bits per heavy atom. The molecule has 6 heteroatoms. The van der Waals surface area contributed by atoms with Crippen LogP contribution in [0.3, 0.4) is 0 Å². The molecule has 1 heterocycles. The molecule has 1 saturated heterocycles. The molecule has 0 aliphatic carbocycles. The molecule has 6 nitrogen and oxygen atoms in total. The minimum atomic E-state index is -0.180. The van der Waals surface area contributed by atoms with E-state index in [-0.39, 0.29) is 17.9 Å². The Bertz CT molecular complexity index is 747. The summed E-state index contributed by atoms with van der Waals surface area (Å²) in [4.78, 5) is 26.2. The molecule has 1 aliphatic heterocycles. The van der Waals surface area contributed by atoms with Crippen molar-refractivity contribution in [3.63, 3.8) is 0 Å². The SMILES string of the molecule is NCc1ccc(C(=O)NC2CC(=O)N(CCOc3ccccc3)C2)cc1. The number of nitrogens with one attached hydrogen (secondary N) is 1. The highest BCUT2D eigenvalue weighted by Crippen LogP contribution is 2.13. The van der Waals surface area contributed by atoms with Crippen molar-refractivity contribution in [2.75, 3.05) is 19.7 Å². The van der Waals surface area contributed by atoms with E-state index in [1.807, 2.05) is 42.5 Å². The number of carbonyl (C=O) groups excluding carboxylic acids is 2. The van der Waals surface area contributed by atoms with E-state index >= 15 is 0 Å². The van der Waals surface area contributed by atoms with Crippen molar-refractivity contribution in [1.82, 2.24) is 10.2 Å². The van der Waals surface area contributed by atoms with Crippen LogP contribution in [0.15, 0.2) is 54.6 Å². The molecule has 1 unspecified atom stereocenters. The van der Waals surface area contributed by atoms with Crippen LogP contribution in [-0.2, 0) is 11.3 Å². The number of hydrogen-bond donors (Lipinski definition) is 2. The molecule has 2 aromatic carbocycles. The van der Waals surface area contributed by atoms with E-state index in [0.717, 1.165) is 11.3 Å². The van der Waals surface area contributed by atoms with Crippen LogP contribution in [0.1, 0.15) is 22.3 Å². The van der Waals surface area contributed by atoms with Crippen molar-refractivity contribution in [3.05, 3.63) is 65.7 Å². The number of ether oxygens (including phenoxy) is 1. The molecule has 1 fully saturated rings. The molecule has 26 heavy (non-hydrogen) atoms. The molecule has 0 aromatic heterocycles. The predicted molar refractivity (Wildman–Crippen MR) is 98.7 cm³/mol. The second kappa shape index (κ2) is 8.49. The quantitative estimate of drug-likeness (QED) is 0.791. The van der Waals surface area contributed by atoms with Crippen LogP contribution in [0.5, 0.6) is 5.75 Å². The number of likely N-dealkylation sites (tertiary alicyclic amines) is 1. The van der Waals surface area contributed by atoms with Crippen LogP contribution in [-0.4, -0.2) is 42.5 Å². The lowest BCUT2D eigenvalue weighted by Crippen LogP contribution is -2.38. The van der Waals surface area contributed by atoms with Crippen LogP contribution in [0.25, 0.3) is 0 Å². The summed E-state index contributed by atoms with van der Waals surface area (Å²) in [7, 11) is 0. The van der Waals surface area contributed by atoms with Gasteiger partial charge in [-0.1, -0.05) is 30.3 Å². The van der Waals surface area contributed by atoms with Gasteiger partial charge in [-0.2, -0.15) is 0 Å². The fourth-order valence-corrected chi connectivity index (χ4v) is 2.94. The molecule has 2 amide bonds. The molecule has 3 N–H and O–H groups in total. The van der Waals surface area contributed by atoms with Gasteiger partial charge in [-0.25, -0.2) is 0 Å². The van der Waals surface area contributed by atoms with Crippen LogP contribution in [0.2, 0.25) is 0 Å². The second-order valence-corrected chi connectivity index (χ2v) is 6.28. The normalized spacial score (nSPS) is 16.6. The zero-order valence-corrected chi connectivity index (χ0v) is 14.6. The molecule has 136 valence electrons. The zero-order chi connectivity index (χ0) is 18.4. The standard InChI is InChI=1S/C20H23N3O3/c21-13-15-6-8-16(9-7-15)20(25)22-17-12-19(24)23(14-17)10-11-26-18-4-2-1-3-5-18/h1-9,17H,10-14,21H2,(H,22,25). The number of carbonyl (C=O) groups is 2. The number of nitrogens with two attached hydrogens (primary N) is 1. The lowest BCUT2D eigenvalue weighted by molar-refractivity contribution is -0.128. The van der Waals surface area contributed by atoms with Crippen LogP contribution in [0, 0.1) is 0 Å². The Kier molecular flexibility index (Phi) is 5.86. The lowest BCUT2D eigenvalue weighted by Gasteiger charge is -2.17. The van der Waals surface area contributed by atoms with Gasteiger partial charge >= 0.3 is 0 Å². The van der Waals surface area contributed by atoms with E-state index in [2.05, 4.69) is 5.32 Å². The Morgan fingerprint density at radius 1 is 1.15 bits per heavy atom. The second-order valence-electron chi connectivity index (χ2n) is 6.28. The van der Waals surface area contributed by atoms with Gasteiger partial charge < -0.3 is 20.7 Å². The number of para-hydroxylation sites is 1. The van der Waals surface area contributed by atoms with Crippen molar-refractivity contribution in [1.29, 1.82) is 0 Å². The molecule has 0 spiro atoms. The van der Waals surface area contributed by atoms with Gasteiger partial charge in [-0.05, 0) is 29.8 Å². The third-order valence-electron chi connectivity index (χ3n) is 4.37. The molecule has 0 saturated carbocycles. The van der Waals surface area contributed by atoms with Crippen molar-refractivity contribution >= 4 is 11.8 Å². The summed E-state index contributed by atoms with van der Waals surface area (Å²) in [6.45, 7) is 1.88. The van der Waals surface area contributed by atoms with Gasteiger partial charge in [0.2, 0.25) is 5.91 Å². The van der Waals surface area contributed by atoms with E-state index in [1.165, 1.54) is 0 Å². The van der Waals surface area contributed by atoms with E-state index in [1.54, 1.807) is 17.0 Å². The van der Waals surface area contributed by atoms with Crippen LogP contribution >= 0.6 is 0 Å². The van der Waals surface area contributed by atoms with E-state index in [9.17, 15) is 9.59 Å². The smallest absolute Gasteiger partial charge is 0.251 e. The van der Waals surface area contributed by atoms with Gasteiger partial charge in [0.25, 0.3) is 5.91 Å². The number of benzene rings is 2. The molecular weight excluding hydrogens is 330 g/mol. The molecule has 3 rings (SSSR count). The maximum absolute atomic E-state index is 12.3. The topological polar surface area (TPSA) is 84.7 Å². The zero-order valence-electron chi connectivity index (χ0n) is 14.6. The van der Waals surface area contributed by atoms with Gasteiger partial charge in [0, 0.05) is 25.1 Å². The maximum Gasteiger partial charge on any atom is 0.251 e. The number of amides is 2. The monoisotopic (exact) mass is 353 g/mol. The van der Waals surface area contributed by atoms with Gasteiger partial charge in [0.1, 0.15) is 12.4 Å². The third-order valence-corrected chi connectivity index (χ3v) is 4.37. The van der Waals surface area contributed by atoms with Crippen molar-refractivity contribution in [2.24, 2.45) is 5.73 Å². The Morgan fingerprint density at radius 2 is 1.88 bits per heavy atom. The van der Waals surface area contributed by atoms with Crippen LogP contribution in [0.4, 0.5) is 0 Å². The number of rotatable bonds is 7. The summed E-state index contributed by atoms with van der Waals surface area (Å²) in [6, 6.07) is 16.5. The van der Waals surface area contributed by atoms with Gasteiger partial charge in [-0.3, -0.25) is 9.59 Å². The summed E-state index contributed by atoms with van der Waals surface area (Å²) in [6.07, 6.45) is 0.317. The highest BCUT2D eigenvalue weighted by atomic mass is 16.5. The van der Waals surface area contributed by atoms with Crippen molar-refractivity contribution in [3.8, 4) is 5.75 Å². The lowest BCUT2D eigenvalue weighted by atomic mass is 10.1. The van der Waals surface area contributed by atoms with Crippen molar-refractivity contribution < 1.29 is 14.3 Å². The van der Waals surface area contributed by atoms with Crippen LogP contribution < -0.4 is 15.8 Å². The summed E-state index contributed by atoms with van der Waals surface area (Å²) in [5.41, 5.74) is 7.11. The average Bonchev–Trinajstić information content (AvgIpc) is 3.02. The average molecular weight is 353 g/mol. The van der Waals surface area contributed by atoms with Gasteiger partial charge in [-0.15, -0.1) is 0 Å². The highest BCUT2D eigenvalue weighted by Gasteiger charge is 2.30. The number of nitrogens with zero attached hydrogens (tertiary/aromatic N) is 1. The Balaban J connectivity index is 1.46. The maximum atomic E-state index is 12.3. The highest BCUT2D eigenvalue weighted by molar-refractivity contribution is 5.95. The minimum absolute atomic E-state index is 0.0328. The summed E-state index contributed by atoms with van der Waals surface area (Å²) in [5, 5.41) is 2.93. The van der Waals surface area contributed by atoms with Gasteiger partial charge in [0.15, 0.2) is 0 Å². The fraction of sp³-hybridized carbons (Fsp3) is 0.300. The fourth-order valence-electron chi connectivity index (χ4n) is 2.94. The molecule has 2 aromatic rings. The number of hydrogen-bond acceptors (Lipinski definition) is 4. The van der Waals surface area contributed by atoms with E-state index in [4.69, 9.17) is 10.5 Å². The summed E-state index contributed by atoms with van der Waals surface area (Å²) >= 11 is 0. The minimum Gasteiger partial charge on any atom is -0.492 e. The molecule has 1 atom stereocenters. The Labute approximate surface area is 152 Å². The first-order valence-electron chi connectivity index (χ1n) is 8.71. The molecule has 0 bridgehead atoms. The van der Waals surface area contributed by atoms with Crippen molar-refractivity contribution in [2.45, 2.75) is 19.0 Å².